The fraction of sp³-hybridized carbons (Fsp3) is 0.273. The number of nitrogens with zero attached hydrogens (tertiary/aromatic N) is 1. The molecule has 1 saturated heterocycles. The van der Waals surface area contributed by atoms with Crippen LogP contribution in [0.4, 0.5) is 9.57 Å². The second kappa shape index (κ2) is 5.65. The van der Waals surface area contributed by atoms with E-state index >= 15 is 0 Å². The minimum atomic E-state index is -4.81. The summed E-state index contributed by atoms with van der Waals surface area (Å²) >= 11 is 6.29. The molecular formula is C11H8Br2FNO5S. The lowest BCUT2D eigenvalue weighted by Crippen LogP contribution is -2.27. The Balaban J connectivity index is 2.44. The minimum absolute atomic E-state index is 0.0150. The molecule has 1 fully saturated rings. The van der Waals surface area contributed by atoms with Gasteiger partial charge in [-0.25, -0.2) is 4.79 Å². The van der Waals surface area contributed by atoms with Crippen molar-refractivity contribution in [1.82, 2.24) is 0 Å². The van der Waals surface area contributed by atoms with Crippen molar-refractivity contribution in [2.75, 3.05) is 11.4 Å². The number of anilines is 1. The molecule has 0 radical (unpaired) electrons. The van der Waals surface area contributed by atoms with Crippen LogP contribution in [0.2, 0.25) is 0 Å². The quantitative estimate of drug-likeness (QED) is 0.722. The van der Waals surface area contributed by atoms with Crippen molar-refractivity contribution in [2.45, 2.75) is 11.7 Å². The van der Waals surface area contributed by atoms with E-state index in [1.807, 2.05) is 0 Å². The topological polar surface area (TPSA) is 91.8 Å². The molecule has 0 aromatic heterocycles. The third-order valence-electron chi connectivity index (χ3n) is 3.02. The third-order valence-corrected chi connectivity index (χ3v) is 5.34. The summed E-state index contributed by atoms with van der Waals surface area (Å²) in [5, 5.41) is 7.53. The van der Waals surface area contributed by atoms with Gasteiger partial charge in [0.15, 0.2) is 0 Å². The van der Waals surface area contributed by atoms with E-state index in [9.17, 15) is 21.9 Å². The smallest absolute Gasteiger partial charge is 0.335 e. The zero-order valence-electron chi connectivity index (χ0n) is 10.2. The first-order chi connectivity index (χ1) is 9.61. The van der Waals surface area contributed by atoms with Gasteiger partial charge in [0.05, 0.1) is 11.3 Å². The van der Waals surface area contributed by atoms with Gasteiger partial charge in [0.2, 0.25) is 5.91 Å². The van der Waals surface area contributed by atoms with E-state index in [1.165, 1.54) is 12.1 Å². The Morgan fingerprint density at radius 1 is 1.33 bits per heavy atom. The number of carboxylic acid groups (broad SMARTS) is 1. The summed E-state index contributed by atoms with van der Waals surface area (Å²) < 4.78 is 35.4. The molecule has 0 spiro atoms. The van der Waals surface area contributed by atoms with Gasteiger partial charge in [-0.15, -0.1) is 3.89 Å². The van der Waals surface area contributed by atoms with Gasteiger partial charge < -0.3 is 10.0 Å². The maximum absolute atomic E-state index is 13.0. The average Bonchev–Trinajstić information content (AvgIpc) is 2.70. The number of hydrogen-bond acceptors (Lipinski definition) is 4. The Labute approximate surface area is 136 Å². The third kappa shape index (κ3) is 3.27. The molecule has 0 saturated carbocycles. The highest BCUT2D eigenvalue weighted by atomic mass is 79.9. The number of hydrogen-bond donors (Lipinski definition) is 1. The van der Waals surface area contributed by atoms with Crippen molar-refractivity contribution in [2.24, 2.45) is 0 Å². The summed E-state index contributed by atoms with van der Waals surface area (Å²) in [4.78, 5) is 23.9. The molecule has 1 aliphatic heterocycles. The van der Waals surface area contributed by atoms with Crippen LogP contribution in [0.1, 0.15) is 16.8 Å². The molecule has 1 N–H and O–H groups in total. The molecule has 1 aromatic rings. The van der Waals surface area contributed by atoms with Gasteiger partial charge in [-0.05, 0) is 44.0 Å². The largest absolute Gasteiger partial charge is 0.478 e. The van der Waals surface area contributed by atoms with E-state index in [1.54, 1.807) is 0 Å². The van der Waals surface area contributed by atoms with Crippen molar-refractivity contribution in [3.05, 3.63) is 26.6 Å². The maximum atomic E-state index is 13.0. The summed E-state index contributed by atoms with van der Waals surface area (Å²) in [6.45, 7) is -0.318. The van der Waals surface area contributed by atoms with Gasteiger partial charge in [0.1, 0.15) is 5.25 Å². The van der Waals surface area contributed by atoms with E-state index in [4.69, 9.17) is 5.11 Å². The van der Waals surface area contributed by atoms with Crippen LogP contribution >= 0.6 is 31.9 Å². The molecule has 1 atom stereocenters. The fourth-order valence-corrected chi connectivity index (χ4v) is 4.31. The molecule has 1 amide bonds. The van der Waals surface area contributed by atoms with Gasteiger partial charge >= 0.3 is 16.2 Å². The first-order valence-corrected chi connectivity index (χ1v) is 8.60. The lowest BCUT2D eigenvalue weighted by molar-refractivity contribution is -0.117. The number of carbonyl (C=O) groups excluding carboxylic acids is 1. The highest BCUT2D eigenvalue weighted by Crippen LogP contribution is 2.38. The van der Waals surface area contributed by atoms with Crippen LogP contribution in [0, 0.1) is 0 Å². The maximum Gasteiger partial charge on any atom is 0.335 e. The Hall–Kier alpha value is -1.00. The summed E-state index contributed by atoms with van der Waals surface area (Å²) in [6, 6.07) is 2.57. The normalized spacial score (nSPS) is 19.1. The predicted octanol–water partition coefficient (Wildman–Crippen LogP) is 2.31. The molecule has 6 nitrogen and oxygen atoms in total. The standard InChI is InChI=1S/C11H8Br2FNO5S/c12-7-1-5(11(17)18)2-8(13)10(7)15-4-6(3-9(15)16)21(14,19)20/h1-2,6H,3-4H2,(H,17,18). The first kappa shape index (κ1) is 16.4. The van der Waals surface area contributed by atoms with E-state index in [0.29, 0.717) is 8.95 Å². The summed E-state index contributed by atoms with van der Waals surface area (Å²) in [6.07, 6.45) is -0.446. The van der Waals surface area contributed by atoms with Crippen LogP contribution in [0.15, 0.2) is 21.1 Å². The summed E-state index contributed by atoms with van der Waals surface area (Å²) in [5.41, 5.74) is 0.259. The Kier molecular flexibility index (Phi) is 4.41. The molecule has 1 heterocycles. The number of carboxylic acids is 1. The van der Waals surface area contributed by atoms with E-state index in [-0.39, 0.29) is 17.8 Å². The van der Waals surface area contributed by atoms with Crippen molar-refractivity contribution in [1.29, 1.82) is 0 Å². The lowest BCUT2D eigenvalue weighted by atomic mass is 10.2. The minimum Gasteiger partial charge on any atom is -0.478 e. The van der Waals surface area contributed by atoms with Crippen molar-refractivity contribution in [3.8, 4) is 0 Å². The average molecular weight is 445 g/mol. The lowest BCUT2D eigenvalue weighted by Gasteiger charge is -2.20. The van der Waals surface area contributed by atoms with Gasteiger partial charge in [-0.1, -0.05) is 0 Å². The van der Waals surface area contributed by atoms with Crippen molar-refractivity contribution in [3.63, 3.8) is 0 Å². The van der Waals surface area contributed by atoms with Gasteiger partial charge in [-0.3, -0.25) is 4.79 Å². The van der Waals surface area contributed by atoms with Crippen LogP contribution in [-0.2, 0) is 15.0 Å². The van der Waals surface area contributed by atoms with Crippen LogP contribution in [-0.4, -0.2) is 37.2 Å². The molecule has 1 aliphatic rings. The van der Waals surface area contributed by atoms with Gasteiger partial charge in [-0.2, -0.15) is 8.42 Å². The second-order valence-corrected chi connectivity index (χ2v) is 7.73. The molecule has 0 bridgehead atoms. The monoisotopic (exact) mass is 443 g/mol. The molecule has 114 valence electrons. The van der Waals surface area contributed by atoms with E-state index < -0.39 is 33.8 Å². The molecule has 10 heteroatoms. The van der Waals surface area contributed by atoms with Gasteiger partial charge in [0, 0.05) is 21.9 Å². The molecular weight excluding hydrogens is 437 g/mol. The van der Waals surface area contributed by atoms with Crippen LogP contribution in [0.25, 0.3) is 0 Å². The zero-order valence-corrected chi connectivity index (χ0v) is 14.2. The molecule has 0 aliphatic carbocycles. The highest BCUT2D eigenvalue weighted by molar-refractivity contribution is 9.11. The fourth-order valence-electron chi connectivity index (χ4n) is 2.03. The molecule has 1 aromatic carbocycles. The second-order valence-electron chi connectivity index (χ2n) is 4.40. The summed E-state index contributed by atoms with van der Waals surface area (Å²) in [7, 11) is -4.81. The van der Waals surface area contributed by atoms with Gasteiger partial charge in [0.25, 0.3) is 0 Å². The number of aromatic carboxylic acids is 1. The van der Waals surface area contributed by atoms with Crippen LogP contribution in [0.3, 0.4) is 0 Å². The summed E-state index contributed by atoms with van der Waals surface area (Å²) in [5.74, 6) is -1.70. The van der Waals surface area contributed by atoms with E-state index in [0.717, 1.165) is 4.90 Å². The number of rotatable bonds is 3. The number of carbonyl (C=O) groups is 2. The Bertz CT molecular complexity index is 713. The number of halogens is 3. The SMILES string of the molecule is O=C(O)c1cc(Br)c(N2CC(S(=O)(=O)F)CC2=O)c(Br)c1. The molecule has 2 rings (SSSR count). The van der Waals surface area contributed by atoms with E-state index in [2.05, 4.69) is 31.9 Å². The number of benzene rings is 1. The molecule has 1 unspecified atom stereocenters. The van der Waals surface area contributed by atoms with Crippen LogP contribution < -0.4 is 4.90 Å². The Morgan fingerprint density at radius 2 is 1.86 bits per heavy atom. The van der Waals surface area contributed by atoms with Crippen molar-refractivity contribution >= 4 is 59.6 Å². The molecule has 21 heavy (non-hydrogen) atoms. The Morgan fingerprint density at radius 3 is 2.24 bits per heavy atom. The zero-order chi connectivity index (χ0) is 15.9. The highest BCUT2D eigenvalue weighted by Gasteiger charge is 2.40. The van der Waals surface area contributed by atoms with Crippen molar-refractivity contribution < 1.29 is 27.0 Å². The number of amides is 1. The first-order valence-electron chi connectivity index (χ1n) is 5.57. The van der Waals surface area contributed by atoms with Crippen LogP contribution in [0.5, 0.6) is 0 Å². The predicted molar refractivity (Wildman–Crippen MR) is 79.6 cm³/mol.